The Balaban J connectivity index is 1.93. The van der Waals surface area contributed by atoms with E-state index in [1.807, 2.05) is 7.05 Å². The van der Waals surface area contributed by atoms with Gasteiger partial charge in [0.1, 0.15) is 11.6 Å². The van der Waals surface area contributed by atoms with Crippen molar-refractivity contribution in [3.63, 3.8) is 0 Å². The molecule has 21 heavy (non-hydrogen) atoms. The summed E-state index contributed by atoms with van der Waals surface area (Å²) in [5.41, 5.74) is 0.692. The molecule has 1 aliphatic carbocycles. The number of hydrogen-bond acceptors (Lipinski definition) is 2. The summed E-state index contributed by atoms with van der Waals surface area (Å²) >= 11 is 0. The summed E-state index contributed by atoms with van der Waals surface area (Å²) in [6.45, 7) is 5.43. The fourth-order valence-corrected chi connectivity index (χ4v) is 2.84. The minimum atomic E-state index is -0.506. The minimum Gasteiger partial charge on any atom is -0.313 e. The monoisotopic (exact) mass is 296 g/mol. The Morgan fingerprint density at radius 1 is 1.19 bits per heavy atom. The molecule has 2 rings (SSSR count). The lowest BCUT2D eigenvalue weighted by Gasteiger charge is -2.25. The Morgan fingerprint density at radius 2 is 1.86 bits per heavy atom. The topological polar surface area (TPSA) is 15.3 Å². The van der Waals surface area contributed by atoms with Gasteiger partial charge in [0.15, 0.2) is 0 Å². The van der Waals surface area contributed by atoms with E-state index in [2.05, 4.69) is 17.1 Å². The Bertz CT molecular complexity index is 426. The molecule has 1 unspecified atom stereocenters. The van der Waals surface area contributed by atoms with E-state index in [1.165, 1.54) is 31.5 Å². The predicted octanol–water partition coefficient (Wildman–Crippen LogP) is 3.74. The second-order valence-corrected chi connectivity index (χ2v) is 6.08. The highest BCUT2D eigenvalue weighted by Crippen LogP contribution is 2.30. The number of hydrogen-bond donors (Lipinski definition) is 1. The standard InChI is InChI=1S/C17H26F2N2/c1-3-7-21(12-13-4-5-13)8-6-17(20-2)14-9-15(18)11-16(19)10-14/h9-11,13,17,20H,3-8,12H2,1-2H3. The highest BCUT2D eigenvalue weighted by molar-refractivity contribution is 5.21. The van der Waals surface area contributed by atoms with E-state index in [0.29, 0.717) is 5.56 Å². The molecule has 0 heterocycles. The van der Waals surface area contributed by atoms with Gasteiger partial charge >= 0.3 is 0 Å². The largest absolute Gasteiger partial charge is 0.313 e. The van der Waals surface area contributed by atoms with Crippen LogP contribution in [-0.2, 0) is 0 Å². The summed E-state index contributed by atoms with van der Waals surface area (Å²) in [7, 11) is 1.85. The molecule has 1 saturated carbocycles. The third-order valence-corrected chi connectivity index (χ3v) is 4.12. The lowest BCUT2D eigenvalue weighted by Crippen LogP contribution is -2.31. The zero-order valence-electron chi connectivity index (χ0n) is 13.0. The molecule has 0 aromatic heterocycles. The number of nitrogens with one attached hydrogen (secondary N) is 1. The number of rotatable bonds is 9. The van der Waals surface area contributed by atoms with Gasteiger partial charge < -0.3 is 10.2 Å². The third-order valence-electron chi connectivity index (χ3n) is 4.12. The van der Waals surface area contributed by atoms with Crippen molar-refractivity contribution in [2.24, 2.45) is 5.92 Å². The first-order valence-corrected chi connectivity index (χ1v) is 7.98. The summed E-state index contributed by atoms with van der Waals surface area (Å²) in [6, 6.07) is 3.77. The molecule has 1 atom stereocenters. The van der Waals surface area contributed by atoms with Crippen LogP contribution in [0, 0.1) is 17.6 Å². The minimum absolute atomic E-state index is 0.00578. The van der Waals surface area contributed by atoms with Gasteiger partial charge in [-0.2, -0.15) is 0 Å². The van der Waals surface area contributed by atoms with Crippen molar-refractivity contribution < 1.29 is 8.78 Å². The van der Waals surface area contributed by atoms with E-state index in [9.17, 15) is 8.78 Å². The number of halogens is 2. The van der Waals surface area contributed by atoms with Gasteiger partial charge in [0.25, 0.3) is 0 Å². The average molecular weight is 296 g/mol. The van der Waals surface area contributed by atoms with Gasteiger partial charge in [0, 0.05) is 18.7 Å². The fourth-order valence-electron chi connectivity index (χ4n) is 2.84. The summed E-state index contributed by atoms with van der Waals surface area (Å²) in [5.74, 6) is -0.140. The van der Waals surface area contributed by atoms with Gasteiger partial charge in [-0.1, -0.05) is 6.92 Å². The van der Waals surface area contributed by atoms with Crippen LogP contribution < -0.4 is 5.32 Å². The molecule has 4 heteroatoms. The van der Waals surface area contributed by atoms with E-state index in [0.717, 1.165) is 37.9 Å². The maximum Gasteiger partial charge on any atom is 0.126 e. The zero-order valence-corrected chi connectivity index (χ0v) is 13.0. The van der Waals surface area contributed by atoms with Crippen LogP contribution in [0.15, 0.2) is 18.2 Å². The molecule has 2 nitrogen and oxygen atoms in total. The number of nitrogens with zero attached hydrogens (tertiary/aromatic N) is 1. The third kappa shape index (κ3) is 5.36. The molecule has 0 spiro atoms. The van der Waals surface area contributed by atoms with E-state index in [4.69, 9.17) is 0 Å². The fraction of sp³-hybridized carbons (Fsp3) is 0.647. The van der Waals surface area contributed by atoms with Crippen LogP contribution >= 0.6 is 0 Å². The van der Waals surface area contributed by atoms with Crippen LogP contribution in [0.5, 0.6) is 0 Å². The summed E-state index contributed by atoms with van der Waals surface area (Å²) < 4.78 is 26.7. The van der Waals surface area contributed by atoms with Crippen LogP contribution in [0.3, 0.4) is 0 Å². The quantitative estimate of drug-likeness (QED) is 0.747. The van der Waals surface area contributed by atoms with Crippen LogP contribution in [0.2, 0.25) is 0 Å². The molecule has 1 N–H and O–H groups in total. The number of benzene rings is 1. The maximum atomic E-state index is 13.3. The molecule has 0 aliphatic heterocycles. The average Bonchev–Trinajstić information content (AvgIpc) is 3.22. The molecule has 1 aromatic carbocycles. The van der Waals surface area contributed by atoms with Crippen molar-refractivity contribution in [2.75, 3.05) is 26.7 Å². The highest BCUT2D eigenvalue weighted by atomic mass is 19.1. The summed E-state index contributed by atoms with van der Waals surface area (Å²) in [6.07, 6.45) is 4.72. The van der Waals surface area contributed by atoms with Gasteiger partial charge in [0.2, 0.25) is 0 Å². The van der Waals surface area contributed by atoms with Crippen molar-refractivity contribution in [1.29, 1.82) is 0 Å². The molecule has 0 amide bonds. The Kier molecular flexibility index (Phi) is 6.12. The van der Waals surface area contributed by atoms with Crippen LogP contribution in [0.4, 0.5) is 8.78 Å². The predicted molar refractivity (Wildman–Crippen MR) is 82.2 cm³/mol. The van der Waals surface area contributed by atoms with Crippen molar-refractivity contribution in [3.05, 3.63) is 35.4 Å². The second kappa shape index (κ2) is 7.85. The molecule has 1 aromatic rings. The van der Waals surface area contributed by atoms with Crippen LogP contribution in [0.1, 0.15) is 44.2 Å². The second-order valence-electron chi connectivity index (χ2n) is 6.08. The van der Waals surface area contributed by atoms with E-state index in [-0.39, 0.29) is 6.04 Å². The van der Waals surface area contributed by atoms with E-state index < -0.39 is 11.6 Å². The molecular formula is C17H26F2N2. The van der Waals surface area contributed by atoms with Crippen molar-refractivity contribution >= 4 is 0 Å². The van der Waals surface area contributed by atoms with Gasteiger partial charge in [-0.25, -0.2) is 8.78 Å². The molecule has 0 saturated heterocycles. The SMILES string of the molecule is CCCN(CCC(NC)c1cc(F)cc(F)c1)CC1CC1. The van der Waals surface area contributed by atoms with E-state index in [1.54, 1.807) is 0 Å². The van der Waals surface area contributed by atoms with Crippen molar-refractivity contribution in [1.82, 2.24) is 10.2 Å². The summed E-state index contributed by atoms with van der Waals surface area (Å²) in [4.78, 5) is 2.48. The summed E-state index contributed by atoms with van der Waals surface area (Å²) in [5, 5.41) is 3.18. The highest BCUT2D eigenvalue weighted by Gasteiger charge is 2.24. The molecule has 1 fully saturated rings. The molecular weight excluding hydrogens is 270 g/mol. The first-order chi connectivity index (χ1) is 10.1. The van der Waals surface area contributed by atoms with E-state index >= 15 is 0 Å². The van der Waals surface area contributed by atoms with Crippen LogP contribution in [0.25, 0.3) is 0 Å². The maximum absolute atomic E-state index is 13.3. The first-order valence-electron chi connectivity index (χ1n) is 7.98. The van der Waals surface area contributed by atoms with Gasteiger partial charge in [0.05, 0.1) is 0 Å². The lowest BCUT2D eigenvalue weighted by atomic mass is 10.0. The van der Waals surface area contributed by atoms with Crippen molar-refractivity contribution in [2.45, 2.75) is 38.6 Å². The molecule has 0 radical (unpaired) electrons. The Hall–Kier alpha value is -1.00. The van der Waals surface area contributed by atoms with Gasteiger partial charge in [-0.15, -0.1) is 0 Å². The molecule has 0 bridgehead atoms. The smallest absolute Gasteiger partial charge is 0.126 e. The van der Waals surface area contributed by atoms with Gasteiger partial charge in [-0.05, 0) is 69.4 Å². The first kappa shape index (κ1) is 16.4. The van der Waals surface area contributed by atoms with Crippen molar-refractivity contribution in [3.8, 4) is 0 Å². The Morgan fingerprint density at radius 3 is 2.38 bits per heavy atom. The van der Waals surface area contributed by atoms with Gasteiger partial charge in [-0.3, -0.25) is 0 Å². The normalized spacial score (nSPS) is 16.4. The molecule has 1 aliphatic rings. The van der Waals surface area contributed by atoms with Crippen LogP contribution in [-0.4, -0.2) is 31.6 Å². The zero-order chi connectivity index (χ0) is 15.2. The lowest BCUT2D eigenvalue weighted by molar-refractivity contribution is 0.249. The molecule has 118 valence electrons. The Labute approximate surface area is 126 Å².